The second-order valence-electron chi connectivity index (χ2n) is 4.27. The van der Waals surface area contributed by atoms with Gasteiger partial charge in [0.15, 0.2) is 0 Å². The molecule has 0 aliphatic carbocycles. The predicted octanol–water partition coefficient (Wildman–Crippen LogP) is 4.07. The first-order chi connectivity index (χ1) is 8.15. The minimum atomic E-state index is -0.164. The van der Waals surface area contributed by atoms with E-state index >= 15 is 0 Å². The number of aryl methyl sites for hydroxylation is 3. The number of rotatable bonds is 4. The molecule has 1 aromatic carbocycles. The van der Waals surface area contributed by atoms with E-state index in [1.165, 1.54) is 11.1 Å². The van der Waals surface area contributed by atoms with Crippen molar-refractivity contribution >= 4 is 11.6 Å². The monoisotopic (exact) mass is 249 g/mol. The summed E-state index contributed by atoms with van der Waals surface area (Å²) in [6.45, 7) is 3.96. The molecule has 0 aliphatic heterocycles. The average molecular weight is 250 g/mol. The first-order valence-corrected chi connectivity index (χ1v) is 6.23. The Labute approximate surface area is 107 Å². The fourth-order valence-electron chi connectivity index (χ4n) is 1.76. The predicted molar refractivity (Wildman–Crippen MR) is 69.4 cm³/mol. The molecule has 1 unspecified atom stereocenters. The van der Waals surface area contributed by atoms with Gasteiger partial charge >= 0.3 is 0 Å². The molecule has 1 atom stereocenters. The van der Waals surface area contributed by atoms with Crippen LogP contribution in [0.15, 0.2) is 34.9 Å². The van der Waals surface area contributed by atoms with Crippen molar-refractivity contribution in [2.45, 2.75) is 32.1 Å². The smallest absolute Gasteiger partial charge is 0.212 e. The lowest BCUT2D eigenvalue weighted by Gasteiger charge is -2.00. The van der Waals surface area contributed by atoms with Gasteiger partial charge in [0.25, 0.3) is 0 Å². The molecule has 2 aromatic rings. The van der Waals surface area contributed by atoms with Crippen LogP contribution in [0.1, 0.15) is 35.1 Å². The summed E-state index contributed by atoms with van der Waals surface area (Å²) in [6.07, 6.45) is 3.59. The van der Waals surface area contributed by atoms with E-state index in [0.717, 1.165) is 18.6 Å². The van der Waals surface area contributed by atoms with Crippen molar-refractivity contribution < 1.29 is 4.42 Å². The van der Waals surface area contributed by atoms with E-state index in [2.05, 4.69) is 36.2 Å². The van der Waals surface area contributed by atoms with Crippen LogP contribution in [0, 0.1) is 6.92 Å². The number of nitrogens with zero attached hydrogens (tertiary/aromatic N) is 1. The van der Waals surface area contributed by atoms with Gasteiger partial charge in [0.1, 0.15) is 11.1 Å². The third kappa shape index (κ3) is 3.34. The second-order valence-corrected chi connectivity index (χ2v) is 4.92. The van der Waals surface area contributed by atoms with Crippen molar-refractivity contribution in [1.29, 1.82) is 0 Å². The highest BCUT2D eigenvalue weighted by atomic mass is 35.5. The molecule has 0 saturated heterocycles. The van der Waals surface area contributed by atoms with Crippen molar-refractivity contribution in [1.82, 2.24) is 4.98 Å². The van der Waals surface area contributed by atoms with Crippen molar-refractivity contribution in [2.75, 3.05) is 0 Å². The first-order valence-electron chi connectivity index (χ1n) is 5.79. The molecule has 0 saturated carbocycles. The zero-order valence-electron chi connectivity index (χ0n) is 10.1. The molecule has 0 bridgehead atoms. The van der Waals surface area contributed by atoms with E-state index in [0.29, 0.717) is 5.89 Å². The lowest BCUT2D eigenvalue weighted by Crippen LogP contribution is -1.90. The Bertz CT molecular complexity index is 490. The van der Waals surface area contributed by atoms with E-state index in [1.54, 1.807) is 6.20 Å². The number of oxazole rings is 1. The van der Waals surface area contributed by atoms with Crippen molar-refractivity contribution in [3.05, 3.63) is 53.2 Å². The quantitative estimate of drug-likeness (QED) is 0.764. The summed E-state index contributed by atoms with van der Waals surface area (Å²) in [5.74, 6) is 1.50. The summed E-state index contributed by atoms with van der Waals surface area (Å²) in [5.41, 5.74) is 2.61. The van der Waals surface area contributed by atoms with E-state index in [4.69, 9.17) is 16.0 Å². The Morgan fingerprint density at radius 3 is 2.82 bits per heavy atom. The summed E-state index contributed by atoms with van der Waals surface area (Å²) in [4.78, 5) is 4.15. The Kier molecular flexibility index (Phi) is 3.85. The second kappa shape index (κ2) is 5.37. The number of halogens is 1. The van der Waals surface area contributed by atoms with Crippen LogP contribution in [-0.4, -0.2) is 4.98 Å². The Hall–Kier alpha value is -1.28. The highest BCUT2D eigenvalue weighted by Gasteiger charge is 2.09. The molecule has 17 heavy (non-hydrogen) atoms. The fourth-order valence-corrected chi connectivity index (χ4v) is 1.86. The highest BCUT2D eigenvalue weighted by molar-refractivity contribution is 6.20. The summed E-state index contributed by atoms with van der Waals surface area (Å²) in [7, 11) is 0. The van der Waals surface area contributed by atoms with Gasteiger partial charge in [-0.3, -0.25) is 0 Å². The fraction of sp³-hybridized carbons (Fsp3) is 0.357. The van der Waals surface area contributed by atoms with Gasteiger partial charge in [0, 0.05) is 6.42 Å². The molecule has 2 nitrogen and oxygen atoms in total. The summed E-state index contributed by atoms with van der Waals surface area (Å²) in [6, 6.07) is 8.51. The minimum Gasteiger partial charge on any atom is -0.444 e. The van der Waals surface area contributed by atoms with Gasteiger partial charge in [-0.25, -0.2) is 4.98 Å². The third-order valence-corrected chi connectivity index (χ3v) is 2.84. The maximum absolute atomic E-state index is 5.90. The molecule has 1 aromatic heterocycles. The van der Waals surface area contributed by atoms with Gasteiger partial charge in [-0.2, -0.15) is 0 Å². The van der Waals surface area contributed by atoms with Crippen LogP contribution in [0.25, 0.3) is 0 Å². The minimum absolute atomic E-state index is 0.164. The van der Waals surface area contributed by atoms with Crippen LogP contribution in [-0.2, 0) is 12.8 Å². The average Bonchev–Trinajstić information content (AvgIpc) is 2.75. The molecule has 1 heterocycles. The number of aromatic nitrogens is 1. The molecule has 0 aliphatic rings. The third-order valence-electron chi connectivity index (χ3n) is 2.65. The molecular weight excluding hydrogens is 234 g/mol. The lowest BCUT2D eigenvalue weighted by molar-refractivity contribution is 0.455. The zero-order chi connectivity index (χ0) is 12.3. The number of alkyl halides is 1. The van der Waals surface area contributed by atoms with Crippen LogP contribution >= 0.6 is 11.6 Å². The Morgan fingerprint density at radius 1 is 1.35 bits per heavy atom. The molecule has 3 heteroatoms. The normalized spacial score (nSPS) is 12.6. The molecule has 0 amide bonds. The maximum atomic E-state index is 5.90. The largest absolute Gasteiger partial charge is 0.444 e. The summed E-state index contributed by atoms with van der Waals surface area (Å²) in [5, 5.41) is -0.164. The molecular formula is C14H16ClNO. The van der Waals surface area contributed by atoms with Gasteiger partial charge in [-0.05, 0) is 25.8 Å². The first kappa shape index (κ1) is 12.2. The zero-order valence-corrected chi connectivity index (χ0v) is 10.9. The van der Waals surface area contributed by atoms with Gasteiger partial charge < -0.3 is 4.42 Å². The van der Waals surface area contributed by atoms with Crippen LogP contribution in [0.5, 0.6) is 0 Å². The number of benzene rings is 1. The Balaban J connectivity index is 1.97. The van der Waals surface area contributed by atoms with Crippen molar-refractivity contribution in [3.8, 4) is 0 Å². The number of hydrogen-bond donors (Lipinski definition) is 0. The van der Waals surface area contributed by atoms with E-state index in [-0.39, 0.29) is 5.38 Å². The van der Waals surface area contributed by atoms with E-state index in [9.17, 15) is 0 Å². The van der Waals surface area contributed by atoms with Crippen LogP contribution < -0.4 is 0 Å². The van der Waals surface area contributed by atoms with Gasteiger partial charge in [-0.1, -0.05) is 29.8 Å². The van der Waals surface area contributed by atoms with Gasteiger partial charge in [-0.15, -0.1) is 11.6 Å². The lowest BCUT2D eigenvalue weighted by atomic mass is 10.1. The maximum Gasteiger partial charge on any atom is 0.212 e. The standard InChI is InChI=1S/C14H16ClNO/c1-10-4-3-5-12(8-10)6-7-13-9-16-14(17-13)11(2)15/h3-5,8-9,11H,6-7H2,1-2H3. The summed E-state index contributed by atoms with van der Waals surface area (Å²) < 4.78 is 5.55. The topological polar surface area (TPSA) is 26.0 Å². The van der Waals surface area contributed by atoms with Crippen LogP contribution in [0.3, 0.4) is 0 Å². The summed E-state index contributed by atoms with van der Waals surface area (Å²) >= 11 is 5.90. The molecule has 0 fully saturated rings. The van der Waals surface area contributed by atoms with Crippen LogP contribution in [0.2, 0.25) is 0 Å². The highest BCUT2D eigenvalue weighted by Crippen LogP contribution is 2.19. The molecule has 2 rings (SSSR count). The molecule has 0 spiro atoms. The van der Waals surface area contributed by atoms with E-state index < -0.39 is 0 Å². The molecule has 0 radical (unpaired) electrons. The number of hydrogen-bond acceptors (Lipinski definition) is 2. The van der Waals surface area contributed by atoms with E-state index in [1.807, 2.05) is 6.92 Å². The molecule has 90 valence electrons. The van der Waals surface area contributed by atoms with Gasteiger partial charge in [0.2, 0.25) is 5.89 Å². The van der Waals surface area contributed by atoms with Crippen molar-refractivity contribution in [2.24, 2.45) is 0 Å². The van der Waals surface area contributed by atoms with Crippen molar-refractivity contribution in [3.63, 3.8) is 0 Å². The SMILES string of the molecule is Cc1cccc(CCc2cnc(C(C)Cl)o2)c1. The molecule has 0 N–H and O–H groups in total. The van der Waals surface area contributed by atoms with Crippen LogP contribution in [0.4, 0.5) is 0 Å². The Morgan fingerprint density at radius 2 is 2.18 bits per heavy atom. The van der Waals surface area contributed by atoms with Gasteiger partial charge in [0.05, 0.1) is 6.20 Å².